The van der Waals surface area contributed by atoms with Gasteiger partial charge in [0.25, 0.3) is 0 Å². The molecule has 0 bridgehead atoms. The molecule has 0 spiro atoms. The average Bonchev–Trinajstić information content (AvgIpc) is 2.65. The van der Waals surface area contributed by atoms with Crippen LogP contribution >= 0.6 is 11.6 Å². The van der Waals surface area contributed by atoms with Gasteiger partial charge in [-0.05, 0) is 39.1 Å². The predicted molar refractivity (Wildman–Crippen MR) is 67.8 cm³/mol. The van der Waals surface area contributed by atoms with Crippen LogP contribution in [-0.2, 0) is 10.0 Å². The van der Waals surface area contributed by atoms with Crippen LogP contribution in [0.15, 0.2) is 12.1 Å². The summed E-state index contributed by atoms with van der Waals surface area (Å²) in [5.74, 6) is 0. The van der Waals surface area contributed by atoms with Gasteiger partial charge in [0, 0.05) is 11.2 Å². The molecule has 1 rings (SSSR count). The van der Waals surface area contributed by atoms with Gasteiger partial charge in [-0.25, -0.2) is 0 Å². The van der Waals surface area contributed by atoms with Crippen molar-refractivity contribution in [3.05, 3.63) is 23.5 Å². The number of aromatic nitrogens is 1. The van der Waals surface area contributed by atoms with E-state index in [1.807, 2.05) is 32.2 Å². The fourth-order valence-electron chi connectivity index (χ4n) is 1.50. The van der Waals surface area contributed by atoms with Gasteiger partial charge in [-0.15, -0.1) is 11.6 Å². The summed E-state index contributed by atoms with van der Waals surface area (Å²) < 4.78 is 5.94. The highest BCUT2D eigenvalue weighted by Crippen LogP contribution is 2.28. The summed E-state index contributed by atoms with van der Waals surface area (Å²) >= 11 is 5.87. The van der Waals surface area contributed by atoms with E-state index >= 15 is 0 Å². The van der Waals surface area contributed by atoms with Crippen LogP contribution in [0, 0.1) is 18.3 Å². The molecule has 0 fully saturated rings. The first-order valence-electron chi connectivity index (χ1n) is 5.16. The second-order valence-electron chi connectivity index (χ2n) is 4.70. The number of aromatic amines is 1. The fraction of sp³-hybridized carbons (Fsp3) is 0.545. The zero-order valence-electron chi connectivity index (χ0n) is 10.1. The standard InChI is InChI=1S/C11H17ClN2OSi/c1-9-5-6-10(14-9)11(2,7-13)15-16(3,4)8-12/h5-6,14H,8H2,1-4H3. The van der Waals surface area contributed by atoms with Crippen LogP contribution in [0.4, 0.5) is 0 Å². The minimum Gasteiger partial charge on any atom is -0.394 e. The molecule has 0 saturated heterocycles. The molecule has 0 aliphatic carbocycles. The molecule has 0 aliphatic rings. The summed E-state index contributed by atoms with van der Waals surface area (Å²) in [5.41, 5.74) is 1.35. The highest BCUT2D eigenvalue weighted by molar-refractivity contribution is 6.77. The topological polar surface area (TPSA) is 48.8 Å². The number of H-pyrrole nitrogens is 1. The van der Waals surface area contributed by atoms with E-state index < -0.39 is 13.9 Å². The molecule has 88 valence electrons. The summed E-state index contributed by atoms with van der Waals surface area (Å²) in [6.45, 7) is 7.74. The van der Waals surface area contributed by atoms with Gasteiger partial charge in [0.05, 0.1) is 5.69 Å². The Morgan fingerprint density at radius 1 is 1.56 bits per heavy atom. The number of alkyl halides is 1. The quantitative estimate of drug-likeness (QED) is 0.665. The number of aryl methyl sites for hydroxylation is 1. The van der Waals surface area contributed by atoms with Gasteiger partial charge in [-0.3, -0.25) is 0 Å². The van der Waals surface area contributed by atoms with E-state index in [2.05, 4.69) is 11.1 Å². The number of rotatable bonds is 4. The molecule has 1 atom stereocenters. The predicted octanol–water partition coefficient (Wildman–Crippen LogP) is 3.06. The van der Waals surface area contributed by atoms with E-state index in [9.17, 15) is 5.26 Å². The Bertz CT molecular complexity index is 410. The van der Waals surface area contributed by atoms with Crippen LogP contribution in [0.1, 0.15) is 18.3 Å². The SMILES string of the molecule is Cc1ccc(C(C)(C#N)O[Si](C)(C)CCl)[nH]1. The third kappa shape index (κ3) is 2.88. The molecule has 1 N–H and O–H groups in total. The number of nitrogens with zero attached hydrogens (tertiary/aromatic N) is 1. The van der Waals surface area contributed by atoms with E-state index in [0.29, 0.717) is 5.50 Å². The highest BCUT2D eigenvalue weighted by Gasteiger charge is 2.36. The zero-order valence-corrected chi connectivity index (χ0v) is 11.9. The molecule has 1 aromatic heterocycles. The second-order valence-corrected chi connectivity index (χ2v) is 9.49. The van der Waals surface area contributed by atoms with Gasteiger partial charge in [-0.2, -0.15) is 5.26 Å². The molecule has 16 heavy (non-hydrogen) atoms. The lowest BCUT2D eigenvalue weighted by molar-refractivity contribution is 0.136. The largest absolute Gasteiger partial charge is 0.394 e. The first kappa shape index (κ1) is 13.3. The van der Waals surface area contributed by atoms with Crippen molar-refractivity contribution in [1.82, 2.24) is 4.98 Å². The van der Waals surface area contributed by atoms with Crippen molar-refractivity contribution in [2.24, 2.45) is 0 Å². The summed E-state index contributed by atoms with van der Waals surface area (Å²) in [7, 11) is -1.98. The Morgan fingerprint density at radius 3 is 2.56 bits per heavy atom. The van der Waals surface area contributed by atoms with Gasteiger partial charge < -0.3 is 9.41 Å². The Labute approximate surface area is 103 Å². The minimum absolute atomic E-state index is 0.476. The molecular weight excluding hydrogens is 240 g/mol. The third-order valence-electron chi connectivity index (χ3n) is 2.36. The molecule has 0 aromatic carbocycles. The maximum absolute atomic E-state index is 9.29. The number of nitriles is 1. The maximum Gasteiger partial charge on any atom is 0.203 e. The zero-order chi connectivity index (χ0) is 12.4. The van der Waals surface area contributed by atoms with Crippen LogP contribution < -0.4 is 0 Å². The van der Waals surface area contributed by atoms with Gasteiger partial charge in [-0.1, -0.05) is 0 Å². The molecule has 1 aromatic rings. The Kier molecular flexibility index (Phi) is 3.84. The van der Waals surface area contributed by atoms with Crippen molar-refractivity contribution < 1.29 is 4.43 Å². The van der Waals surface area contributed by atoms with Crippen LogP contribution in [-0.4, -0.2) is 18.8 Å². The van der Waals surface area contributed by atoms with Crippen molar-refractivity contribution in [3.8, 4) is 6.07 Å². The lowest BCUT2D eigenvalue weighted by atomic mass is 10.1. The van der Waals surface area contributed by atoms with Crippen LogP contribution in [0.2, 0.25) is 13.1 Å². The minimum atomic E-state index is -1.98. The molecule has 0 aliphatic heterocycles. The monoisotopic (exact) mass is 256 g/mol. The van der Waals surface area contributed by atoms with E-state index in [-0.39, 0.29) is 0 Å². The number of nitrogens with one attached hydrogen (secondary N) is 1. The Balaban J connectivity index is 3.00. The van der Waals surface area contributed by atoms with Crippen molar-refractivity contribution in [1.29, 1.82) is 5.26 Å². The van der Waals surface area contributed by atoms with Gasteiger partial charge in [0.1, 0.15) is 6.07 Å². The average molecular weight is 257 g/mol. The molecular formula is C11H17ClN2OSi. The maximum atomic E-state index is 9.29. The highest BCUT2D eigenvalue weighted by atomic mass is 35.5. The Morgan fingerprint density at radius 2 is 2.19 bits per heavy atom. The van der Waals surface area contributed by atoms with Crippen molar-refractivity contribution in [3.63, 3.8) is 0 Å². The Hall–Kier alpha value is -0.763. The van der Waals surface area contributed by atoms with E-state index in [1.165, 1.54) is 0 Å². The molecule has 1 unspecified atom stereocenters. The van der Waals surface area contributed by atoms with Crippen molar-refractivity contribution >= 4 is 19.9 Å². The molecule has 3 nitrogen and oxygen atoms in total. The molecule has 0 radical (unpaired) electrons. The number of halogens is 1. The van der Waals surface area contributed by atoms with Crippen LogP contribution in [0.3, 0.4) is 0 Å². The van der Waals surface area contributed by atoms with Crippen molar-refractivity contribution in [2.75, 3.05) is 5.50 Å². The van der Waals surface area contributed by atoms with Crippen LogP contribution in [0.25, 0.3) is 0 Å². The summed E-state index contributed by atoms with van der Waals surface area (Å²) in [5, 5.41) is 9.29. The summed E-state index contributed by atoms with van der Waals surface area (Å²) in [6.07, 6.45) is 0. The lowest BCUT2D eigenvalue weighted by Crippen LogP contribution is -2.42. The molecule has 0 saturated carbocycles. The molecule has 0 amide bonds. The number of hydrogen-bond acceptors (Lipinski definition) is 2. The third-order valence-corrected chi connectivity index (χ3v) is 5.90. The van der Waals surface area contributed by atoms with Gasteiger partial charge in [0.15, 0.2) is 5.60 Å². The summed E-state index contributed by atoms with van der Waals surface area (Å²) in [6, 6.07) is 6.04. The lowest BCUT2D eigenvalue weighted by Gasteiger charge is -2.30. The molecule has 1 heterocycles. The van der Waals surface area contributed by atoms with E-state index in [0.717, 1.165) is 11.4 Å². The van der Waals surface area contributed by atoms with E-state index in [1.54, 1.807) is 6.92 Å². The van der Waals surface area contributed by atoms with Gasteiger partial charge in [0.2, 0.25) is 8.32 Å². The van der Waals surface area contributed by atoms with Crippen LogP contribution in [0.5, 0.6) is 0 Å². The second kappa shape index (κ2) is 4.62. The normalized spacial score (nSPS) is 15.5. The fourth-order valence-corrected chi connectivity index (χ4v) is 2.98. The molecule has 5 heteroatoms. The van der Waals surface area contributed by atoms with Crippen molar-refractivity contribution in [2.45, 2.75) is 32.5 Å². The van der Waals surface area contributed by atoms with Gasteiger partial charge >= 0.3 is 0 Å². The first-order valence-corrected chi connectivity index (χ1v) is 8.81. The number of hydrogen-bond donors (Lipinski definition) is 1. The summed E-state index contributed by atoms with van der Waals surface area (Å²) in [4.78, 5) is 3.15. The first-order chi connectivity index (χ1) is 7.33. The smallest absolute Gasteiger partial charge is 0.203 e. The van der Waals surface area contributed by atoms with E-state index in [4.69, 9.17) is 16.0 Å².